The second-order valence-electron chi connectivity index (χ2n) is 3.75. The summed E-state index contributed by atoms with van der Waals surface area (Å²) in [5, 5.41) is 0. The Kier molecular flexibility index (Phi) is 1.74. The molecule has 76 valence electrons. The third kappa shape index (κ3) is 1.48. The number of H-pyrrole nitrogens is 1. The van der Waals surface area contributed by atoms with Gasteiger partial charge in [0.15, 0.2) is 5.75 Å². The molecule has 0 atom stereocenters. The van der Waals surface area contributed by atoms with Gasteiger partial charge in [-0.3, -0.25) is 9.78 Å². The zero-order valence-electron chi connectivity index (χ0n) is 8.06. The third-order valence-corrected chi connectivity index (χ3v) is 2.52. The van der Waals surface area contributed by atoms with E-state index in [1.54, 1.807) is 12.4 Å². The predicted molar refractivity (Wildman–Crippen MR) is 54.5 cm³/mol. The lowest BCUT2D eigenvalue weighted by Gasteiger charge is -1.99. The number of nitrogens with one attached hydrogen (secondary N) is 1. The molecule has 1 saturated carbocycles. The largest absolute Gasteiger partial charge is 0.422 e. The molecule has 0 aliphatic heterocycles. The van der Waals surface area contributed by atoms with Crippen LogP contribution in [-0.2, 0) is 4.79 Å². The summed E-state index contributed by atoms with van der Waals surface area (Å²) < 4.78 is 5.26. The summed E-state index contributed by atoms with van der Waals surface area (Å²) in [6.07, 6.45) is 5.27. The number of hydrogen-bond acceptors (Lipinski definition) is 3. The van der Waals surface area contributed by atoms with Gasteiger partial charge in [-0.2, -0.15) is 0 Å². The van der Waals surface area contributed by atoms with Crippen LogP contribution in [0.15, 0.2) is 24.5 Å². The molecule has 4 heteroatoms. The summed E-state index contributed by atoms with van der Waals surface area (Å²) in [7, 11) is 0. The molecule has 0 aromatic carbocycles. The summed E-state index contributed by atoms with van der Waals surface area (Å²) in [5.41, 5.74) is 1.60. The first-order chi connectivity index (χ1) is 7.34. The monoisotopic (exact) mass is 202 g/mol. The fourth-order valence-electron chi connectivity index (χ4n) is 1.52. The van der Waals surface area contributed by atoms with Crippen LogP contribution in [0.5, 0.6) is 5.75 Å². The number of rotatable bonds is 2. The van der Waals surface area contributed by atoms with Crippen molar-refractivity contribution >= 4 is 17.0 Å². The van der Waals surface area contributed by atoms with Gasteiger partial charge in [-0.1, -0.05) is 0 Å². The van der Waals surface area contributed by atoms with Gasteiger partial charge in [-0.15, -0.1) is 0 Å². The van der Waals surface area contributed by atoms with E-state index in [9.17, 15) is 4.79 Å². The minimum atomic E-state index is -0.137. The van der Waals surface area contributed by atoms with E-state index >= 15 is 0 Å². The van der Waals surface area contributed by atoms with Gasteiger partial charge in [-0.05, 0) is 25.0 Å². The van der Waals surface area contributed by atoms with Crippen molar-refractivity contribution in [3.05, 3.63) is 24.5 Å². The highest BCUT2D eigenvalue weighted by atomic mass is 16.5. The first-order valence-electron chi connectivity index (χ1n) is 4.98. The first-order valence-corrected chi connectivity index (χ1v) is 4.98. The van der Waals surface area contributed by atoms with E-state index in [2.05, 4.69) is 9.97 Å². The van der Waals surface area contributed by atoms with Gasteiger partial charge in [0.1, 0.15) is 5.52 Å². The fourth-order valence-corrected chi connectivity index (χ4v) is 1.52. The van der Waals surface area contributed by atoms with Gasteiger partial charge in [0.2, 0.25) is 0 Å². The number of carbonyl (C=O) groups excluding carboxylic acids is 1. The Morgan fingerprint density at radius 1 is 1.53 bits per heavy atom. The first kappa shape index (κ1) is 8.47. The van der Waals surface area contributed by atoms with E-state index in [-0.39, 0.29) is 11.9 Å². The Morgan fingerprint density at radius 3 is 3.20 bits per heavy atom. The van der Waals surface area contributed by atoms with E-state index in [0.29, 0.717) is 11.3 Å². The molecule has 0 bridgehead atoms. The second-order valence-corrected chi connectivity index (χ2v) is 3.75. The van der Waals surface area contributed by atoms with Crippen LogP contribution in [0, 0.1) is 5.92 Å². The molecule has 3 rings (SSSR count). The van der Waals surface area contributed by atoms with Crippen molar-refractivity contribution in [2.75, 3.05) is 0 Å². The molecule has 1 aliphatic rings. The molecule has 4 nitrogen and oxygen atoms in total. The molecular weight excluding hydrogens is 192 g/mol. The average Bonchev–Trinajstić information content (AvgIpc) is 3.03. The Labute approximate surface area is 86.3 Å². The minimum absolute atomic E-state index is 0.110. The number of nitrogens with zero attached hydrogens (tertiary/aromatic N) is 1. The van der Waals surface area contributed by atoms with Gasteiger partial charge in [0.05, 0.1) is 11.4 Å². The number of fused-ring (bicyclic) bond motifs is 1. The molecule has 0 radical (unpaired) electrons. The quantitative estimate of drug-likeness (QED) is 0.756. The molecule has 0 spiro atoms. The van der Waals surface area contributed by atoms with Crippen LogP contribution in [0.4, 0.5) is 0 Å². The summed E-state index contributed by atoms with van der Waals surface area (Å²) in [6, 6.07) is 3.74. The lowest BCUT2D eigenvalue weighted by Crippen LogP contribution is -2.09. The van der Waals surface area contributed by atoms with Crippen molar-refractivity contribution < 1.29 is 9.53 Å². The van der Waals surface area contributed by atoms with Crippen molar-refractivity contribution in [2.45, 2.75) is 12.8 Å². The van der Waals surface area contributed by atoms with Crippen LogP contribution >= 0.6 is 0 Å². The molecule has 15 heavy (non-hydrogen) atoms. The molecule has 0 saturated heterocycles. The van der Waals surface area contributed by atoms with E-state index in [1.807, 2.05) is 12.1 Å². The molecule has 0 unspecified atom stereocenters. The van der Waals surface area contributed by atoms with Gasteiger partial charge < -0.3 is 9.72 Å². The highest BCUT2D eigenvalue weighted by Gasteiger charge is 2.32. The van der Waals surface area contributed by atoms with Gasteiger partial charge in [0, 0.05) is 12.4 Å². The number of hydrogen-bond donors (Lipinski definition) is 1. The average molecular weight is 202 g/mol. The topological polar surface area (TPSA) is 55.0 Å². The van der Waals surface area contributed by atoms with E-state index in [0.717, 1.165) is 18.4 Å². The summed E-state index contributed by atoms with van der Waals surface area (Å²) in [4.78, 5) is 18.6. The molecule has 1 fully saturated rings. The molecule has 1 aliphatic carbocycles. The molecular formula is C11H10N2O2. The maximum atomic E-state index is 11.5. The van der Waals surface area contributed by atoms with Crippen LogP contribution in [0.3, 0.4) is 0 Å². The molecule has 2 aromatic heterocycles. The highest BCUT2D eigenvalue weighted by Crippen LogP contribution is 2.32. The minimum Gasteiger partial charge on any atom is -0.422 e. The number of aromatic amines is 1. The summed E-state index contributed by atoms with van der Waals surface area (Å²) in [5.74, 6) is 0.503. The fraction of sp³-hybridized carbons (Fsp3) is 0.273. The van der Waals surface area contributed by atoms with Crippen molar-refractivity contribution in [1.82, 2.24) is 9.97 Å². The number of esters is 1. The maximum absolute atomic E-state index is 11.5. The van der Waals surface area contributed by atoms with E-state index in [4.69, 9.17) is 4.74 Å². The van der Waals surface area contributed by atoms with Gasteiger partial charge in [-0.25, -0.2) is 0 Å². The highest BCUT2D eigenvalue weighted by molar-refractivity contribution is 5.86. The SMILES string of the molecule is O=C(Oc1c[nH]c2cccnc12)C1CC1. The summed E-state index contributed by atoms with van der Waals surface area (Å²) >= 11 is 0. The van der Waals surface area contributed by atoms with Crippen LogP contribution in [0.2, 0.25) is 0 Å². The Morgan fingerprint density at radius 2 is 2.40 bits per heavy atom. The van der Waals surface area contributed by atoms with Crippen LogP contribution < -0.4 is 4.74 Å². The molecule has 1 N–H and O–H groups in total. The van der Waals surface area contributed by atoms with Crippen LogP contribution in [0.1, 0.15) is 12.8 Å². The predicted octanol–water partition coefficient (Wildman–Crippen LogP) is 1.88. The van der Waals surface area contributed by atoms with Crippen molar-refractivity contribution in [1.29, 1.82) is 0 Å². The molecule has 2 heterocycles. The maximum Gasteiger partial charge on any atom is 0.314 e. The van der Waals surface area contributed by atoms with Crippen molar-refractivity contribution in [3.63, 3.8) is 0 Å². The lowest BCUT2D eigenvalue weighted by molar-refractivity contribution is -0.135. The summed E-state index contributed by atoms with van der Waals surface area (Å²) in [6.45, 7) is 0. The zero-order chi connectivity index (χ0) is 10.3. The van der Waals surface area contributed by atoms with Crippen molar-refractivity contribution in [3.8, 4) is 5.75 Å². The number of carbonyl (C=O) groups is 1. The van der Waals surface area contributed by atoms with E-state index < -0.39 is 0 Å². The number of ether oxygens (including phenoxy) is 1. The normalized spacial score (nSPS) is 15.5. The van der Waals surface area contributed by atoms with Crippen molar-refractivity contribution in [2.24, 2.45) is 5.92 Å². The smallest absolute Gasteiger partial charge is 0.314 e. The Balaban J connectivity index is 1.93. The molecule has 2 aromatic rings. The Hall–Kier alpha value is -1.84. The zero-order valence-corrected chi connectivity index (χ0v) is 8.06. The number of aromatic nitrogens is 2. The lowest BCUT2D eigenvalue weighted by atomic mass is 10.4. The van der Waals surface area contributed by atoms with Crippen LogP contribution in [-0.4, -0.2) is 15.9 Å². The standard InChI is InChI=1S/C11H10N2O2/c14-11(7-3-4-7)15-9-6-13-8-2-1-5-12-10(8)9/h1-2,5-7,13H,3-4H2. The number of pyridine rings is 1. The third-order valence-electron chi connectivity index (χ3n) is 2.52. The Bertz CT molecular complexity index is 514. The second kappa shape index (κ2) is 3.08. The van der Waals surface area contributed by atoms with Crippen LogP contribution in [0.25, 0.3) is 11.0 Å². The van der Waals surface area contributed by atoms with Gasteiger partial charge in [0.25, 0.3) is 0 Å². The van der Waals surface area contributed by atoms with Gasteiger partial charge >= 0.3 is 5.97 Å². The van der Waals surface area contributed by atoms with E-state index in [1.165, 1.54) is 0 Å². The molecule has 0 amide bonds.